The van der Waals surface area contributed by atoms with Gasteiger partial charge in [-0.25, -0.2) is 4.79 Å². The molecule has 4 rings (SSSR count). The van der Waals surface area contributed by atoms with Gasteiger partial charge in [-0.15, -0.1) is 0 Å². The highest BCUT2D eigenvalue weighted by molar-refractivity contribution is 5.97. The molecule has 0 aliphatic heterocycles. The number of hydrogen-bond donors (Lipinski definition) is 8. The van der Waals surface area contributed by atoms with E-state index in [0.29, 0.717) is 34.6 Å². The molecule has 0 unspecified atom stereocenters. The third-order valence-electron chi connectivity index (χ3n) is 9.77. The van der Waals surface area contributed by atoms with E-state index in [0.717, 1.165) is 10.9 Å². The fourth-order valence-corrected chi connectivity index (χ4v) is 6.59. The molecule has 0 saturated carbocycles. The summed E-state index contributed by atoms with van der Waals surface area (Å²) in [5.41, 5.74) is 7.47. The Morgan fingerprint density at radius 1 is 0.766 bits per heavy atom. The molecular formula is C46H57N7O11. The van der Waals surface area contributed by atoms with Crippen LogP contribution < -0.4 is 41.8 Å². The van der Waals surface area contributed by atoms with Crippen LogP contribution in [0.2, 0.25) is 0 Å². The molecule has 0 bridgehead atoms. The summed E-state index contributed by atoms with van der Waals surface area (Å²) in [5, 5.41) is 23.5. The number of fused-ring (bicyclic) bond motifs is 1. The molecule has 0 spiro atoms. The van der Waals surface area contributed by atoms with Crippen molar-refractivity contribution in [3.63, 3.8) is 0 Å². The number of para-hydroxylation sites is 1. The number of carbonyl (C=O) groups excluding carboxylic acids is 6. The van der Waals surface area contributed by atoms with Crippen LogP contribution in [0.25, 0.3) is 17.0 Å². The molecule has 3 aromatic carbocycles. The predicted octanol–water partition coefficient (Wildman–Crippen LogP) is 3.28. The number of carboxylic acids is 1. The van der Waals surface area contributed by atoms with E-state index in [-0.39, 0.29) is 32.2 Å². The Bertz CT molecular complexity index is 2290. The summed E-state index contributed by atoms with van der Waals surface area (Å²) in [6, 6.07) is 15.6. The van der Waals surface area contributed by atoms with Gasteiger partial charge in [-0.05, 0) is 75.4 Å². The average Bonchev–Trinajstić information content (AvgIpc) is 3.66. The minimum atomic E-state index is -1.70. The van der Waals surface area contributed by atoms with Gasteiger partial charge in [-0.2, -0.15) is 0 Å². The van der Waals surface area contributed by atoms with Crippen LogP contribution >= 0.6 is 0 Å². The van der Waals surface area contributed by atoms with Gasteiger partial charge in [0, 0.05) is 54.2 Å². The van der Waals surface area contributed by atoms with Crippen LogP contribution in [-0.2, 0) is 46.3 Å². The van der Waals surface area contributed by atoms with Crippen molar-refractivity contribution < 1.29 is 52.9 Å². The average molecular weight is 884 g/mol. The molecule has 18 nitrogen and oxygen atoms in total. The minimum absolute atomic E-state index is 0.00119. The van der Waals surface area contributed by atoms with Crippen molar-refractivity contribution in [1.29, 1.82) is 0 Å². The summed E-state index contributed by atoms with van der Waals surface area (Å²) in [6.07, 6.45) is 3.37. The quantitative estimate of drug-likeness (QED) is 0.0396. The topological polar surface area (TPSA) is 269 Å². The number of hydrogen-bond acceptors (Lipinski definition) is 10. The van der Waals surface area contributed by atoms with Gasteiger partial charge < -0.3 is 56.6 Å². The van der Waals surface area contributed by atoms with Gasteiger partial charge in [0.1, 0.15) is 41.3 Å². The number of aliphatic carboxylic acids is 1. The number of rotatable bonds is 23. The summed E-state index contributed by atoms with van der Waals surface area (Å²) in [6.45, 7) is 5.16. The maximum absolute atomic E-state index is 14.2. The zero-order chi connectivity index (χ0) is 46.8. The number of carboxylic acid groups (broad SMARTS) is 1. The highest BCUT2D eigenvalue weighted by Crippen LogP contribution is 2.25. The first-order valence-corrected chi connectivity index (χ1v) is 20.6. The zero-order valence-corrected chi connectivity index (χ0v) is 36.5. The summed E-state index contributed by atoms with van der Waals surface area (Å²) < 4.78 is 16.0. The van der Waals surface area contributed by atoms with Gasteiger partial charge in [0.15, 0.2) is 0 Å². The van der Waals surface area contributed by atoms with E-state index in [4.69, 9.17) is 19.9 Å². The first-order valence-electron chi connectivity index (χ1n) is 20.6. The van der Waals surface area contributed by atoms with Gasteiger partial charge >= 0.3 is 12.1 Å². The highest BCUT2D eigenvalue weighted by atomic mass is 16.6. The molecule has 0 fully saturated rings. The first kappa shape index (κ1) is 49.3. The molecule has 64 heavy (non-hydrogen) atoms. The second-order valence-corrected chi connectivity index (χ2v) is 15.9. The van der Waals surface area contributed by atoms with E-state index in [2.05, 4.69) is 31.6 Å². The number of primary amides is 1. The number of aromatic amines is 1. The number of H-pyrrole nitrogens is 1. The maximum Gasteiger partial charge on any atom is 0.408 e. The van der Waals surface area contributed by atoms with Gasteiger partial charge in [0.05, 0.1) is 20.6 Å². The van der Waals surface area contributed by atoms with Crippen LogP contribution in [0.15, 0.2) is 85.1 Å². The van der Waals surface area contributed by atoms with Crippen molar-refractivity contribution in [2.75, 3.05) is 20.8 Å². The molecule has 1 aromatic heterocycles. The number of alkyl carbamates (subject to hydrolysis) is 1. The van der Waals surface area contributed by atoms with Gasteiger partial charge in [-0.3, -0.25) is 28.8 Å². The van der Waals surface area contributed by atoms with Crippen molar-refractivity contribution >= 4 is 58.6 Å². The Balaban J connectivity index is 1.53. The molecule has 6 amide bonds. The van der Waals surface area contributed by atoms with E-state index in [1.165, 1.54) is 20.3 Å². The van der Waals surface area contributed by atoms with Crippen molar-refractivity contribution in [3.05, 3.63) is 102 Å². The van der Waals surface area contributed by atoms with Crippen molar-refractivity contribution in [3.8, 4) is 11.5 Å². The molecule has 342 valence electrons. The van der Waals surface area contributed by atoms with Crippen LogP contribution in [0.4, 0.5) is 4.79 Å². The molecule has 0 aliphatic rings. The normalized spacial score (nSPS) is 13.1. The smallest absolute Gasteiger partial charge is 0.408 e. The lowest BCUT2D eigenvalue weighted by Gasteiger charge is -2.26. The molecule has 18 heteroatoms. The van der Waals surface area contributed by atoms with E-state index in [1.54, 1.807) is 81.6 Å². The number of carbonyl (C=O) groups is 7. The third-order valence-corrected chi connectivity index (χ3v) is 9.77. The van der Waals surface area contributed by atoms with Crippen LogP contribution in [-0.4, -0.2) is 102 Å². The Kier molecular flexibility index (Phi) is 18.3. The highest BCUT2D eigenvalue weighted by Gasteiger charge is 2.33. The minimum Gasteiger partial charge on any atom is -0.497 e. The van der Waals surface area contributed by atoms with Gasteiger partial charge in [-0.1, -0.05) is 48.5 Å². The third kappa shape index (κ3) is 15.8. The number of methoxy groups -OCH3 is 2. The Morgan fingerprint density at radius 2 is 1.42 bits per heavy atom. The number of benzene rings is 3. The van der Waals surface area contributed by atoms with E-state index < -0.39 is 77.8 Å². The lowest BCUT2D eigenvalue weighted by Crippen LogP contribution is -2.59. The fraction of sp³-hybridized carbons (Fsp3) is 0.370. The van der Waals surface area contributed by atoms with Gasteiger partial charge in [0.2, 0.25) is 29.5 Å². The Labute approximate surface area is 371 Å². The monoisotopic (exact) mass is 883 g/mol. The number of unbranched alkanes of at least 4 members (excludes halogenated alkanes) is 1. The fourth-order valence-electron chi connectivity index (χ4n) is 6.59. The predicted molar refractivity (Wildman–Crippen MR) is 238 cm³/mol. The number of ether oxygens (including phenoxy) is 3. The van der Waals surface area contributed by atoms with Crippen molar-refractivity contribution in [2.45, 2.75) is 89.1 Å². The SMILES string of the molecule is COc1ccc(/C=C\C(=O)NCCCC[C@H](NC(=O)[C@H](Cc2c[nH]c3ccccc23)NC(=O)OC(C)(C)C)C(=O)N[C@@H](CC(=O)O)C(=O)N[C@@H](Cc2ccccc2)C(N)=O)c(OC)c1. The van der Waals surface area contributed by atoms with Crippen LogP contribution in [0.5, 0.6) is 11.5 Å². The summed E-state index contributed by atoms with van der Waals surface area (Å²) in [5.74, 6) is -4.33. The van der Waals surface area contributed by atoms with Crippen molar-refractivity contribution in [2.24, 2.45) is 5.73 Å². The summed E-state index contributed by atoms with van der Waals surface area (Å²) in [7, 11) is 3.02. The van der Waals surface area contributed by atoms with Crippen LogP contribution in [0.3, 0.4) is 0 Å². The molecule has 9 N–H and O–H groups in total. The molecule has 0 saturated heterocycles. The van der Waals surface area contributed by atoms with E-state index >= 15 is 0 Å². The zero-order valence-electron chi connectivity index (χ0n) is 36.5. The van der Waals surface area contributed by atoms with Gasteiger partial charge in [0.25, 0.3) is 0 Å². The Morgan fingerprint density at radius 3 is 2.09 bits per heavy atom. The summed E-state index contributed by atoms with van der Waals surface area (Å²) >= 11 is 0. The molecule has 0 aliphatic carbocycles. The van der Waals surface area contributed by atoms with E-state index in [9.17, 15) is 38.7 Å². The maximum atomic E-state index is 14.2. The molecule has 1 heterocycles. The lowest BCUT2D eigenvalue weighted by molar-refractivity contribution is -0.141. The number of nitrogens with one attached hydrogen (secondary N) is 6. The Hall–Kier alpha value is -7.37. The second kappa shape index (κ2) is 23.7. The molecule has 4 aromatic rings. The van der Waals surface area contributed by atoms with E-state index in [1.807, 2.05) is 24.3 Å². The number of aromatic nitrogens is 1. The molecule has 0 radical (unpaired) electrons. The second-order valence-electron chi connectivity index (χ2n) is 15.9. The lowest BCUT2D eigenvalue weighted by atomic mass is 10.0. The molecular weight excluding hydrogens is 827 g/mol. The van der Waals surface area contributed by atoms with Crippen molar-refractivity contribution in [1.82, 2.24) is 31.6 Å². The largest absolute Gasteiger partial charge is 0.497 e. The molecule has 4 atom stereocenters. The first-order chi connectivity index (χ1) is 30.5. The summed E-state index contributed by atoms with van der Waals surface area (Å²) in [4.78, 5) is 95.1. The number of nitrogens with two attached hydrogens (primary N) is 1. The van der Waals surface area contributed by atoms with Crippen LogP contribution in [0.1, 0.15) is 63.1 Å². The standard InChI is InChI=1S/C46H57N7O11/c1-46(2,3)64-45(61)53-36(24-30-27-49-33-16-10-9-15-32(30)33)43(59)50-34(17-11-12-22-48-39(54)21-19-29-18-20-31(62-4)25-38(29)63-5)42(58)52-37(26-40(55)56)44(60)51-35(41(47)57)23-28-13-7-6-8-14-28/h6-10,13-16,18-21,25,27,34-37,49H,11-12,17,22-24,26H2,1-5H3,(H2,47,57)(H,48,54)(H,50,59)(H,51,60)(H,52,58)(H,53,61)(H,55,56)/b21-19-/t34-,35-,36-,37-/m0/s1. The number of amides is 6. The van der Waals surface area contributed by atoms with Crippen LogP contribution in [0, 0.1) is 0 Å².